The van der Waals surface area contributed by atoms with Gasteiger partial charge < -0.3 is 14.2 Å². The Morgan fingerprint density at radius 3 is 2.52 bits per heavy atom. The molecule has 6 nitrogen and oxygen atoms in total. The van der Waals surface area contributed by atoms with E-state index in [0.29, 0.717) is 18.3 Å². The molecule has 0 atom stereocenters. The molecule has 1 saturated heterocycles. The van der Waals surface area contributed by atoms with E-state index in [1.807, 2.05) is 0 Å². The lowest BCUT2D eigenvalue weighted by molar-refractivity contribution is 0.122. The predicted molar refractivity (Wildman–Crippen MR) is 114 cm³/mol. The van der Waals surface area contributed by atoms with Crippen molar-refractivity contribution in [1.29, 1.82) is 0 Å². The molecule has 0 saturated carbocycles. The second kappa shape index (κ2) is 9.20. The molecule has 1 aliphatic heterocycles. The van der Waals surface area contributed by atoms with Crippen LogP contribution in [0.5, 0.6) is 0 Å². The molecule has 0 N–H and O–H groups in total. The summed E-state index contributed by atoms with van der Waals surface area (Å²) in [4.78, 5) is 9.19. The van der Waals surface area contributed by atoms with Gasteiger partial charge in [-0.3, -0.25) is 4.90 Å². The van der Waals surface area contributed by atoms with E-state index in [0.717, 1.165) is 44.8 Å². The Morgan fingerprint density at radius 1 is 1.00 bits per heavy atom. The highest BCUT2D eigenvalue weighted by Gasteiger charge is 2.16. The average molecular weight is 393 g/mol. The third kappa shape index (κ3) is 4.83. The summed E-state index contributed by atoms with van der Waals surface area (Å²) < 4.78 is 11.0. The van der Waals surface area contributed by atoms with Gasteiger partial charge in [-0.15, -0.1) is 0 Å². The summed E-state index contributed by atoms with van der Waals surface area (Å²) in [6, 6.07) is 16.9. The number of nitrogens with zero attached hydrogens (tertiary/aromatic N) is 4. The van der Waals surface area contributed by atoms with Gasteiger partial charge in [0.2, 0.25) is 11.7 Å². The predicted octanol–water partition coefficient (Wildman–Crippen LogP) is 3.77. The fourth-order valence-corrected chi connectivity index (χ4v) is 3.66. The molecule has 0 amide bonds. The largest absolute Gasteiger partial charge is 0.378 e. The molecule has 1 aromatic heterocycles. The normalized spacial score (nSPS) is 14.5. The highest BCUT2D eigenvalue weighted by Crippen LogP contribution is 2.23. The summed E-state index contributed by atoms with van der Waals surface area (Å²) >= 11 is 0. The molecule has 3 aromatic rings. The fraction of sp³-hybridized carbons (Fsp3) is 0.391. The van der Waals surface area contributed by atoms with Gasteiger partial charge in [-0.2, -0.15) is 4.98 Å². The van der Waals surface area contributed by atoms with E-state index in [1.54, 1.807) is 0 Å². The van der Waals surface area contributed by atoms with Gasteiger partial charge in [0.15, 0.2) is 0 Å². The minimum Gasteiger partial charge on any atom is -0.378 e. The van der Waals surface area contributed by atoms with Crippen LogP contribution in [0.2, 0.25) is 0 Å². The van der Waals surface area contributed by atoms with E-state index in [2.05, 4.69) is 82.4 Å². The van der Waals surface area contributed by atoms with Crippen molar-refractivity contribution in [2.24, 2.45) is 0 Å². The van der Waals surface area contributed by atoms with E-state index in [9.17, 15) is 0 Å². The fourth-order valence-electron chi connectivity index (χ4n) is 3.66. The van der Waals surface area contributed by atoms with Crippen molar-refractivity contribution in [2.45, 2.75) is 26.4 Å². The second-order valence-electron chi connectivity index (χ2n) is 7.46. The number of aryl methyl sites for hydroxylation is 1. The van der Waals surface area contributed by atoms with Crippen LogP contribution in [0.1, 0.15) is 23.9 Å². The van der Waals surface area contributed by atoms with Crippen LogP contribution < -0.4 is 4.90 Å². The first-order valence-corrected chi connectivity index (χ1v) is 10.2. The number of morpholine rings is 1. The molecule has 1 aliphatic rings. The van der Waals surface area contributed by atoms with E-state index in [4.69, 9.17) is 9.26 Å². The minimum absolute atomic E-state index is 0.609. The number of hydrogen-bond donors (Lipinski definition) is 0. The number of anilines is 1. The van der Waals surface area contributed by atoms with Crippen LogP contribution in [0.3, 0.4) is 0 Å². The lowest BCUT2D eigenvalue weighted by Gasteiger charge is -2.31. The summed E-state index contributed by atoms with van der Waals surface area (Å²) in [6.07, 6.45) is 1.02. The molecular formula is C23H28N4O2. The van der Waals surface area contributed by atoms with Crippen LogP contribution >= 0.6 is 0 Å². The van der Waals surface area contributed by atoms with E-state index < -0.39 is 0 Å². The van der Waals surface area contributed by atoms with Crippen molar-refractivity contribution >= 4 is 5.69 Å². The Hall–Kier alpha value is -2.70. The quantitative estimate of drug-likeness (QED) is 0.610. The van der Waals surface area contributed by atoms with Crippen LogP contribution in [0, 0.1) is 0 Å². The van der Waals surface area contributed by atoms with Crippen molar-refractivity contribution < 1.29 is 9.26 Å². The lowest BCUT2D eigenvalue weighted by atomic mass is 10.1. The van der Waals surface area contributed by atoms with Crippen LogP contribution in [0.15, 0.2) is 53.1 Å². The van der Waals surface area contributed by atoms with E-state index >= 15 is 0 Å². The maximum absolute atomic E-state index is 5.50. The Kier molecular flexibility index (Phi) is 6.22. The zero-order chi connectivity index (χ0) is 20.1. The molecule has 152 valence electrons. The standard InChI is InChI=1S/C23H28N4O2/c1-3-18-8-10-19(11-9-18)23-24-22(29-25-23)17-26(2)16-20-6-4-5-7-21(20)27-12-14-28-15-13-27/h4-11H,3,12-17H2,1-2H3. The van der Waals surface area contributed by atoms with E-state index in [-0.39, 0.29) is 0 Å². The summed E-state index contributed by atoms with van der Waals surface area (Å²) in [7, 11) is 2.08. The first kappa shape index (κ1) is 19.6. The molecule has 4 rings (SSSR count). The Bertz CT molecular complexity index is 917. The monoisotopic (exact) mass is 392 g/mol. The third-order valence-electron chi connectivity index (χ3n) is 5.28. The average Bonchev–Trinajstić information content (AvgIpc) is 3.23. The van der Waals surface area contributed by atoms with Crippen LogP contribution in [-0.2, 0) is 24.2 Å². The van der Waals surface area contributed by atoms with E-state index in [1.165, 1.54) is 16.8 Å². The third-order valence-corrected chi connectivity index (χ3v) is 5.28. The minimum atomic E-state index is 0.609. The number of hydrogen-bond acceptors (Lipinski definition) is 6. The zero-order valence-electron chi connectivity index (χ0n) is 17.2. The molecule has 0 bridgehead atoms. The van der Waals surface area contributed by atoms with Gasteiger partial charge in [0.25, 0.3) is 0 Å². The van der Waals surface area contributed by atoms with Crippen LogP contribution in [-0.4, -0.2) is 48.4 Å². The van der Waals surface area contributed by atoms with Crippen molar-refractivity contribution in [3.63, 3.8) is 0 Å². The number of ether oxygens (including phenoxy) is 1. The molecule has 2 heterocycles. The highest BCUT2D eigenvalue weighted by molar-refractivity contribution is 5.55. The van der Waals surface area contributed by atoms with Crippen molar-refractivity contribution in [1.82, 2.24) is 15.0 Å². The van der Waals surface area contributed by atoms with Gasteiger partial charge in [-0.05, 0) is 30.7 Å². The molecule has 0 spiro atoms. The molecule has 1 fully saturated rings. The van der Waals surface area contributed by atoms with Crippen molar-refractivity contribution in [2.75, 3.05) is 38.3 Å². The molecule has 6 heteroatoms. The maximum Gasteiger partial charge on any atom is 0.241 e. The smallest absolute Gasteiger partial charge is 0.241 e. The first-order valence-electron chi connectivity index (χ1n) is 10.2. The summed E-state index contributed by atoms with van der Waals surface area (Å²) in [5.41, 5.74) is 4.87. The summed E-state index contributed by atoms with van der Waals surface area (Å²) in [5.74, 6) is 1.27. The molecule has 0 aliphatic carbocycles. The van der Waals surface area contributed by atoms with Gasteiger partial charge in [0.1, 0.15) is 0 Å². The first-order chi connectivity index (χ1) is 14.2. The molecule has 29 heavy (non-hydrogen) atoms. The van der Waals surface area contributed by atoms with Crippen molar-refractivity contribution in [3.8, 4) is 11.4 Å². The van der Waals surface area contributed by atoms with Gasteiger partial charge in [0.05, 0.1) is 19.8 Å². The number of benzene rings is 2. The Morgan fingerprint density at radius 2 is 1.76 bits per heavy atom. The van der Waals surface area contributed by atoms with Crippen LogP contribution in [0.25, 0.3) is 11.4 Å². The molecule has 0 radical (unpaired) electrons. The van der Waals surface area contributed by atoms with Gasteiger partial charge in [-0.25, -0.2) is 0 Å². The maximum atomic E-state index is 5.50. The topological polar surface area (TPSA) is 54.6 Å². The number of rotatable bonds is 7. The summed E-state index contributed by atoms with van der Waals surface area (Å²) in [5, 5.41) is 4.16. The molecule has 2 aromatic carbocycles. The zero-order valence-corrected chi connectivity index (χ0v) is 17.2. The molecule has 0 unspecified atom stereocenters. The van der Waals surface area contributed by atoms with Gasteiger partial charge >= 0.3 is 0 Å². The second-order valence-corrected chi connectivity index (χ2v) is 7.46. The van der Waals surface area contributed by atoms with Gasteiger partial charge in [-0.1, -0.05) is 54.5 Å². The van der Waals surface area contributed by atoms with Gasteiger partial charge in [0, 0.05) is 30.9 Å². The Balaban J connectivity index is 1.41. The Labute approximate surface area is 172 Å². The number of para-hydroxylation sites is 1. The summed E-state index contributed by atoms with van der Waals surface area (Å²) in [6.45, 7) is 7.01. The molecular weight excluding hydrogens is 364 g/mol. The number of aromatic nitrogens is 2. The SMILES string of the molecule is CCc1ccc(-c2noc(CN(C)Cc3ccccc3N3CCOCC3)n2)cc1. The lowest BCUT2D eigenvalue weighted by Crippen LogP contribution is -2.37. The highest BCUT2D eigenvalue weighted by atomic mass is 16.5. The van der Waals surface area contributed by atoms with Crippen LogP contribution in [0.4, 0.5) is 5.69 Å². The van der Waals surface area contributed by atoms with Crippen molar-refractivity contribution in [3.05, 3.63) is 65.5 Å².